The van der Waals surface area contributed by atoms with Crippen molar-refractivity contribution in [3.05, 3.63) is 17.2 Å². The summed E-state index contributed by atoms with van der Waals surface area (Å²) in [6.45, 7) is -2.97. The van der Waals surface area contributed by atoms with E-state index in [9.17, 15) is 8.78 Å². The molecule has 1 aromatic carbocycles. The van der Waals surface area contributed by atoms with Gasteiger partial charge in [0, 0.05) is 0 Å². The quantitative estimate of drug-likeness (QED) is 0.732. The number of ether oxygens (including phenoxy) is 1. The molecule has 1 rings (SSSR count). The highest BCUT2D eigenvalue weighted by molar-refractivity contribution is 6.32. The van der Waals surface area contributed by atoms with Crippen LogP contribution in [0.5, 0.6) is 5.75 Å². The van der Waals surface area contributed by atoms with Gasteiger partial charge >= 0.3 is 6.61 Å². The van der Waals surface area contributed by atoms with Gasteiger partial charge in [0.2, 0.25) is 0 Å². The third kappa shape index (κ3) is 2.12. The molecule has 0 unspecified atom stereocenters. The normalized spacial score (nSPS) is 10.5. The van der Waals surface area contributed by atoms with Crippen molar-refractivity contribution in [2.75, 3.05) is 11.5 Å². The smallest absolute Gasteiger partial charge is 0.387 e. The van der Waals surface area contributed by atoms with Crippen molar-refractivity contribution in [1.82, 2.24) is 0 Å². The molecular formula is C7H7ClF2N2O. The Morgan fingerprint density at radius 3 is 2.46 bits per heavy atom. The van der Waals surface area contributed by atoms with Crippen LogP contribution in [0, 0.1) is 0 Å². The molecule has 6 heteroatoms. The molecule has 3 nitrogen and oxygen atoms in total. The predicted octanol–water partition coefficient (Wildman–Crippen LogP) is 2.11. The van der Waals surface area contributed by atoms with Gasteiger partial charge in [-0.2, -0.15) is 8.78 Å². The largest absolute Gasteiger partial charge is 0.431 e. The Hall–Kier alpha value is -1.23. The molecule has 1 aromatic rings. The zero-order chi connectivity index (χ0) is 10.0. The van der Waals surface area contributed by atoms with E-state index < -0.39 is 6.61 Å². The molecule has 0 aliphatic carbocycles. The molecule has 0 spiro atoms. The number of anilines is 2. The molecule has 72 valence electrons. The van der Waals surface area contributed by atoms with Crippen molar-refractivity contribution >= 4 is 23.0 Å². The lowest BCUT2D eigenvalue weighted by Crippen LogP contribution is -2.06. The third-order valence-electron chi connectivity index (χ3n) is 1.39. The van der Waals surface area contributed by atoms with Crippen LogP contribution in [0.1, 0.15) is 0 Å². The van der Waals surface area contributed by atoms with Gasteiger partial charge in [0.1, 0.15) is 0 Å². The lowest BCUT2D eigenvalue weighted by molar-refractivity contribution is -0.0492. The van der Waals surface area contributed by atoms with E-state index in [1.54, 1.807) is 0 Å². The summed E-state index contributed by atoms with van der Waals surface area (Å²) < 4.78 is 27.8. The number of hydrogen-bond donors (Lipinski definition) is 2. The number of benzene rings is 1. The molecule has 0 heterocycles. The predicted molar refractivity (Wildman–Crippen MR) is 46.9 cm³/mol. The Morgan fingerprint density at radius 1 is 1.31 bits per heavy atom. The van der Waals surface area contributed by atoms with Crippen molar-refractivity contribution in [2.24, 2.45) is 0 Å². The second-order valence-electron chi connectivity index (χ2n) is 2.26. The standard InChI is InChI=1S/C7H7ClF2N2O/c8-3-1-2-4(11)5(12)6(3)13-7(9)10/h1-2,7H,11-12H2. The molecule has 0 aromatic heterocycles. The van der Waals surface area contributed by atoms with Gasteiger partial charge in [-0.15, -0.1) is 0 Å². The number of alkyl halides is 2. The van der Waals surface area contributed by atoms with Gasteiger partial charge in [-0.25, -0.2) is 0 Å². The van der Waals surface area contributed by atoms with Gasteiger partial charge in [0.15, 0.2) is 5.75 Å². The van der Waals surface area contributed by atoms with Crippen LogP contribution in [-0.2, 0) is 0 Å². The van der Waals surface area contributed by atoms with E-state index in [0.717, 1.165) is 0 Å². The fraction of sp³-hybridized carbons (Fsp3) is 0.143. The zero-order valence-corrected chi connectivity index (χ0v) is 7.18. The first kappa shape index (κ1) is 9.85. The minimum atomic E-state index is -2.97. The second-order valence-corrected chi connectivity index (χ2v) is 2.67. The highest BCUT2D eigenvalue weighted by atomic mass is 35.5. The maximum Gasteiger partial charge on any atom is 0.387 e. The van der Waals surface area contributed by atoms with E-state index in [-0.39, 0.29) is 22.1 Å². The molecule has 0 fully saturated rings. The molecular weight excluding hydrogens is 202 g/mol. The van der Waals surface area contributed by atoms with Gasteiger partial charge in [-0.05, 0) is 12.1 Å². The highest BCUT2D eigenvalue weighted by Gasteiger charge is 2.13. The Bertz CT molecular complexity index is 320. The molecule has 0 saturated heterocycles. The number of nitrogens with two attached hydrogens (primary N) is 2. The summed E-state index contributed by atoms with van der Waals surface area (Å²) in [5.74, 6) is -0.281. The van der Waals surface area contributed by atoms with Crippen LogP contribution in [0.25, 0.3) is 0 Å². The summed E-state index contributed by atoms with van der Waals surface area (Å²) in [6.07, 6.45) is 0. The molecule has 0 aliphatic heterocycles. The van der Waals surface area contributed by atoms with Crippen LogP contribution in [0.4, 0.5) is 20.2 Å². The van der Waals surface area contributed by atoms with Crippen molar-refractivity contribution in [3.63, 3.8) is 0 Å². The number of nitrogen functional groups attached to an aromatic ring is 2. The number of rotatable bonds is 2. The maximum absolute atomic E-state index is 11.8. The number of hydrogen-bond acceptors (Lipinski definition) is 3. The Labute approximate surface area is 78.2 Å². The van der Waals surface area contributed by atoms with E-state index in [1.165, 1.54) is 12.1 Å². The highest BCUT2D eigenvalue weighted by Crippen LogP contribution is 2.35. The Balaban J connectivity index is 3.10. The van der Waals surface area contributed by atoms with Crippen molar-refractivity contribution in [1.29, 1.82) is 0 Å². The van der Waals surface area contributed by atoms with E-state index in [2.05, 4.69) is 4.74 Å². The molecule has 0 aliphatic rings. The summed E-state index contributed by atoms with van der Waals surface area (Å²) in [6, 6.07) is 2.75. The van der Waals surface area contributed by atoms with Crippen LogP contribution in [0.15, 0.2) is 12.1 Å². The maximum atomic E-state index is 11.8. The third-order valence-corrected chi connectivity index (χ3v) is 1.69. The molecule has 0 bridgehead atoms. The van der Waals surface area contributed by atoms with E-state index in [1.807, 2.05) is 0 Å². The SMILES string of the molecule is Nc1ccc(Cl)c(OC(F)F)c1N. The molecule has 0 saturated carbocycles. The summed E-state index contributed by atoms with van der Waals surface area (Å²) >= 11 is 5.55. The Morgan fingerprint density at radius 2 is 1.92 bits per heavy atom. The fourth-order valence-corrected chi connectivity index (χ4v) is 1.01. The van der Waals surface area contributed by atoms with Crippen LogP contribution in [0.3, 0.4) is 0 Å². The minimum absolute atomic E-state index is 0.00648. The van der Waals surface area contributed by atoms with Gasteiger partial charge in [-0.3, -0.25) is 0 Å². The molecule has 0 radical (unpaired) electrons. The van der Waals surface area contributed by atoms with E-state index in [4.69, 9.17) is 23.1 Å². The summed E-state index contributed by atoms with van der Waals surface area (Å²) in [5.41, 5.74) is 10.8. The first-order valence-corrected chi connectivity index (χ1v) is 3.68. The van der Waals surface area contributed by atoms with E-state index in [0.29, 0.717) is 0 Å². The van der Waals surface area contributed by atoms with Gasteiger partial charge in [0.05, 0.1) is 16.4 Å². The van der Waals surface area contributed by atoms with Crippen LogP contribution < -0.4 is 16.2 Å². The average Bonchev–Trinajstić information content (AvgIpc) is 2.05. The van der Waals surface area contributed by atoms with Crippen molar-refractivity contribution in [3.8, 4) is 5.75 Å². The minimum Gasteiger partial charge on any atom is -0.431 e. The molecule has 0 amide bonds. The molecule has 4 N–H and O–H groups in total. The van der Waals surface area contributed by atoms with Crippen LogP contribution >= 0.6 is 11.6 Å². The topological polar surface area (TPSA) is 61.3 Å². The van der Waals surface area contributed by atoms with Gasteiger partial charge < -0.3 is 16.2 Å². The Kier molecular flexibility index (Phi) is 2.77. The summed E-state index contributed by atoms with van der Waals surface area (Å²) in [4.78, 5) is 0. The van der Waals surface area contributed by atoms with Gasteiger partial charge in [0.25, 0.3) is 0 Å². The number of halogens is 3. The van der Waals surface area contributed by atoms with Crippen molar-refractivity contribution < 1.29 is 13.5 Å². The lowest BCUT2D eigenvalue weighted by Gasteiger charge is -2.10. The van der Waals surface area contributed by atoms with Crippen molar-refractivity contribution in [2.45, 2.75) is 6.61 Å². The van der Waals surface area contributed by atoms with Crippen LogP contribution in [0.2, 0.25) is 5.02 Å². The van der Waals surface area contributed by atoms with E-state index >= 15 is 0 Å². The first-order chi connectivity index (χ1) is 6.02. The monoisotopic (exact) mass is 208 g/mol. The molecule has 0 atom stereocenters. The average molecular weight is 209 g/mol. The second kappa shape index (κ2) is 3.66. The fourth-order valence-electron chi connectivity index (χ4n) is 0.797. The lowest BCUT2D eigenvalue weighted by atomic mass is 10.2. The molecule has 13 heavy (non-hydrogen) atoms. The first-order valence-electron chi connectivity index (χ1n) is 3.30. The zero-order valence-electron chi connectivity index (χ0n) is 6.43. The summed E-state index contributed by atoms with van der Waals surface area (Å²) in [5, 5.41) is 0.00648. The van der Waals surface area contributed by atoms with Crippen LogP contribution in [-0.4, -0.2) is 6.61 Å². The summed E-state index contributed by atoms with van der Waals surface area (Å²) in [7, 11) is 0. The van der Waals surface area contributed by atoms with Gasteiger partial charge in [-0.1, -0.05) is 11.6 Å².